The molecule has 1 aliphatic heterocycles. The Hall–Kier alpha value is -0.780. The first-order chi connectivity index (χ1) is 9.75. The fraction of sp³-hybridized carbons (Fsp3) is 0.733. The summed E-state index contributed by atoms with van der Waals surface area (Å²) in [6, 6.07) is 0. The Morgan fingerprint density at radius 2 is 2.27 bits per heavy atom. The van der Waals surface area contributed by atoms with Gasteiger partial charge in [0.1, 0.15) is 5.82 Å². The predicted molar refractivity (Wildman–Crippen MR) is 93.9 cm³/mol. The third kappa shape index (κ3) is 7.47. The number of aromatic nitrogens is 2. The number of unbranched alkanes of at least 4 members (excludes halogenated alkanes) is 1. The number of hydrogen-bond donors (Lipinski definition) is 2. The van der Waals surface area contributed by atoms with Gasteiger partial charge < -0.3 is 15.2 Å². The van der Waals surface area contributed by atoms with E-state index in [2.05, 4.69) is 20.2 Å². The van der Waals surface area contributed by atoms with Gasteiger partial charge >= 0.3 is 0 Å². The smallest absolute Gasteiger partial charge is 0.220 e. The monoisotopic (exact) mass is 350 g/mol. The summed E-state index contributed by atoms with van der Waals surface area (Å²) in [6.07, 6.45) is 8.84. The zero-order valence-electron chi connectivity index (χ0n) is 13.2. The summed E-state index contributed by atoms with van der Waals surface area (Å²) in [5.74, 6) is 1.96. The van der Waals surface area contributed by atoms with Crippen LogP contribution in [-0.4, -0.2) is 35.1 Å². The maximum atomic E-state index is 11.7. The third-order valence-corrected chi connectivity index (χ3v) is 4.01. The second-order valence-electron chi connectivity index (χ2n) is 5.62. The minimum absolute atomic E-state index is 0. The lowest BCUT2D eigenvalue weighted by Gasteiger charge is -2.09. The van der Waals surface area contributed by atoms with Crippen LogP contribution in [0.2, 0.25) is 0 Å². The number of amides is 1. The van der Waals surface area contributed by atoms with E-state index in [0.29, 0.717) is 12.3 Å². The Bertz CT molecular complexity index is 419. The second kappa shape index (κ2) is 11.7. The highest BCUT2D eigenvalue weighted by Crippen LogP contribution is 2.13. The van der Waals surface area contributed by atoms with Crippen molar-refractivity contribution in [3.05, 3.63) is 18.2 Å². The Morgan fingerprint density at radius 3 is 2.91 bits per heavy atom. The number of nitrogens with one attached hydrogen (secondary N) is 2. The van der Waals surface area contributed by atoms with E-state index in [9.17, 15) is 4.79 Å². The topological polar surface area (TPSA) is 59.0 Å². The SMILES string of the molecule is Cc1nccn1CCCCNC(=O)CCC1CCNC1.Cl.Cl. The maximum Gasteiger partial charge on any atom is 0.220 e. The van der Waals surface area contributed by atoms with Gasteiger partial charge in [0.05, 0.1) is 0 Å². The number of aryl methyl sites for hydroxylation is 2. The summed E-state index contributed by atoms with van der Waals surface area (Å²) in [6.45, 7) is 5.97. The van der Waals surface area contributed by atoms with Gasteiger partial charge in [-0.3, -0.25) is 4.79 Å². The van der Waals surface area contributed by atoms with Gasteiger partial charge in [0.2, 0.25) is 5.91 Å². The fourth-order valence-electron chi connectivity index (χ4n) is 2.66. The van der Waals surface area contributed by atoms with Gasteiger partial charge in [-0.25, -0.2) is 4.98 Å². The molecule has 1 saturated heterocycles. The van der Waals surface area contributed by atoms with E-state index in [1.165, 1.54) is 6.42 Å². The van der Waals surface area contributed by atoms with Crippen LogP contribution in [0, 0.1) is 12.8 Å². The van der Waals surface area contributed by atoms with Gasteiger partial charge in [0.15, 0.2) is 0 Å². The molecule has 0 aromatic carbocycles. The van der Waals surface area contributed by atoms with Crippen LogP contribution in [0.15, 0.2) is 12.4 Å². The Morgan fingerprint density at radius 1 is 1.45 bits per heavy atom. The van der Waals surface area contributed by atoms with Crippen molar-refractivity contribution in [1.29, 1.82) is 0 Å². The van der Waals surface area contributed by atoms with E-state index in [4.69, 9.17) is 0 Å². The fourth-order valence-corrected chi connectivity index (χ4v) is 2.66. The molecule has 1 aromatic rings. The van der Waals surface area contributed by atoms with Gasteiger partial charge in [0.25, 0.3) is 0 Å². The summed E-state index contributed by atoms with van der Waals surface area (Å²) in [5, 5.41) is 6.35. The molecule has 2 N–H and O–H groups in total. The molecule has 0 aliphatic carbocycles. The van der Waals surface area contributed by atoms with Gasteiger partial charge in [-0.1, -0.05) is 0 Å². The van der Waals surface area contributed by atoms with Crippen LogP contribution >= 0.6 is 24.8 Å². The van der Waals surface area contributed by atoms with Crippen molar-refractivity contribution in [3.8, 4) is 0 Å². The molecule has 1 unspecified atom stereocenters. The van der Waals surface area contributed by atoms with E-state index in [-0.39, 0.29) is 30.7 Å². The molecule has 5 nitrogen and oxygen atoms in total. The van der Waals surface area contributed by atoms with E-state index in [1.54, 1.807) is 0 Å². The van der Waals surface area contributed by atoms with Gasteiger partial charge in [-0.15, -0.1) is 24.8 Å². The zero-order chi connectivity index (χ0) is 14.2. The molecule has 2 heterocycles. The summed E-state index contributed by atoms with van der Waals surface area (Å²) in [5.41, 5.74) is 0. The second-order valence-corrected chi connectivity index (χ2v) is 5.62. The first-order valence-corrected chi connectivity index (χ1v) is 7.71. The molecule has 1 aliphatic rings. The maximum absolute atomic E-state index is 11.7. The highest BCUT2D eigenvalue weighted by molar-refractivity contribution is 5.85. The van der Waals surface area contributed by atoms with Gasteiger partial charge in [0, 0.05) is 31.9 Å². The van der Waals surface area contributed by atoms with Crippen molar-refractivity contribution in [2.75, 3.05) is 19.6 Å². The van der Waals surface area contributed by atoms with E-state index >= 15 is 0 Å². The lowest BCUT2D eigenvalue weighted by molar-refractivity contribution is -0.121. The minimum Gasteiger partial charge on any atom is -0.356 e. The molecule has 1 fully saturated rings. The molecular weight excluding hydrogens is 323 g/mol. The Labute approximate surface area is 145 Å². The molecule has 0 bridgehead atoms. The molecule has 7 heteroatoms. The molecule has 1 aromatic heterocycles. The number of hydrogen-bond acceptors (Lipinski definition) is 3. The summed E-state index contributed by atoms with van der Waals surface area (Å²) < 4.78 is 2.15. The van der Waals surface area contributed by atoms with Crippen molar-refractivity contribution in [3.63, 3.8) is 0 Å². The molecule has 1 atom stereocenters. The van der Waals surface area contributed by atoms with E-state index < -0.39 is 0 Å². The van der Waals surface area contributed by atoms with E-state index in [1.807, 2.05) is 19.3 Å². The normalized spacial score (nSPS) is 16.7. The van der Waals surface area contributed by atoms with E-state index in [0.717, 1.165) is 51.3 Å². The van der Waals surface area contributed by atoms with Crippen LogP contribution in [0.4, 0.5) is 0 Å². The number of halogens is 2. The van der Waals surface area contributed by atoms with Crippen molar-refractivity contribution in [2.45, 2.75) is 45.6 Å². The van der Waals surface area contributed by atoms with Crippen LogP contribution in [-0.2, 0) is 11.3 Å². The van der Waals surface area contributed by atoms with Gasteiger partial charge in [-0.05, 0) is 51.6 Å². The van der Waals surface area contributed by atoms with Crippen LogP contribution in [0.5, 0.6) is 0 Å². The van der Waals surface area contributed by atoms with Gasteiger partial charge in [-0.2, -0.15) is 0 Å². The summed E-state index contributed by atoms with van der Waals surface area (Å²) in [4.78, 5) is 15.9. The number of carbonyl (C=O) groups excluding carboxylic acids is 1. The third-order valence-electron chi connectivity index (χ3n) is 4.01. The average Bonchev–Trinajstić information content (AvgIpc) is 3.08. The van der Waals surface area contributed by atoms with Crippen LogP contribution in [0.25, 0.3) is 0 Å². The molecule has 1 amide bonds. The quantitative estimate of drug-likeness (QED) is 0.707. The van der Waals surface area contributed by atoms with Crippen LogP contribution < -0.4 is 10.6 Å². The Kier molecular flexibility index (Phi) is 11.3. The lowest BCUT2D eigenvalue weighted by atomic mass is 10.0. The number of carbonyl (C=O) groups is 1. The van der Waals surface area contributed by atoms with Crippen molar-refractivity contribution >= 4 is 30.7 Å². The first-order valence-electron chi connectivity index (χ1n) is 7.71. The predicted octanol–water partition coefficient (Wildman–Crippen LogP) is 2.32. The zero-order valence-corrected chi connectivity index (χ0v) is 14.8. The largest absolute Gasteiger partial charge is 0.356 e. The van der Waals surface area contributed by atoms with Crippen LogP contribution in [0.1, 0.15) is 37.9 Å². The van der Waals surface area contributed by atoms with Crippen molar-refractivity contribution < 1.29 is 4.79 Å². The van der Waals surface area contributed by atoms with Crippen molar-refractivity contribution in [1.82, 2.24) is 20.2 Å². The number of nitrogens with zero attached hydrogens (tertiary/aromatic N) is 2. The lowest BCUT2D eigenvalue weighted by Crippen LogP contribution is -2.25. The summed E-state index contributed by atoms with van der Waals surface area (Å²) in [7, 11) is 0. The summed E-state index contributed by atoms with van der Waals surface area (Å²) >= 11 is 0. The number of imidazole rings is 1. The van der Waals surface area contributed by atoms with Crippen molar-refractivity contribution in [2.24, 2.45) is 5.92 Å². The molecular formula is C15H28Cl2N4O. The van der Waals surface area contributed by atoms with Crippen LogP contribution in [0.3, 0.4) is 0 Å². The average molecular weight is 351 g/mol. The first kappa shape index (κ1) is 21.2. The molecule has 0 spiro atoms. The molecule has 128 valence electrons. The molecule has 0 saturated carbocycles. The number of rotatable bonds is 8. The highest BCUT2D eigenvalue weighted by Gasteiger charge is 2.15. The standard InChI is InChI=1S/C15H26N4O.2ClH/c1-13-17-9-11-19(13)10-3-2-7-18-15(20)5-4-14-6-8-16-12-14;;/h9,11,14,16H,2-8,10,12H2,1H3,(H,18,20);2*1H. The highest BCUT2D eigenvalue weighted by atomic mass is 35.5. The molecule has 22 heavy (non-hydrogen) atoms. The Balaban J connectivity index is 0.00000220. The minimum atomic E-state index is 0. The molecule has 2 rings (SSSR count). The molecule has 0 radical (unpaired) electrons.